The van der Waals surface area contributed by atoms with Crippen LogP contribution in [0.1, 0.15) is 24.6 Å². The number of halogens is 1. The Bertz CT molecular complexity index is 1120. The molecule has 2 bridgehead atoms. The van der Waals surface area contributed by atoms with Crippen molar-refractivity contribution in [3.05, 3.63) is 53.6 Å². The number of hydrogen-bond acceptors (Lipinski definition) is 5. The van der Waals surface area contributed by atoms with Crippen molar-refractivity contribution in [1.82, 2.24) is 15.6 Å². The number of rotatable bonds is 5. The predicted octanol–water partition coefficient (Wildman–Crippen LogP) is 2.55. The van der Waals surface area contributed by atoms with E-state index in [2.05, 4.69) is 28.6 Å². The number of carbonyl (C=O) groups is 1. The van der Waals surface area contributed by atoms with Gasteiger partial charge in [-0.3, -0.25) is 4.79 Å². The van der Waals surface area contributed by atoms with Gasteiger partial charge < -0.3 is 10.6 Å². The average Bonchev–Trinajstić information content (AvgIpc) is 3.12. The zero-order valence-corrected chi connectivity index (χ0v) is 17.0. The van der Waals surface area contributed by atoms with Crippen molar-refractivity contribution in [2.24, 2.45) is 23.7 Å². The summed E-state index contributed by atoms with van der Waals surface area (Å²) in [7, 11) is 0. The molecular formula is C24H22FN5O. The number of nitriles is 2. The maximum absolute atomic E-state index is 14.7. The summed E-state index contributed by atoms with van der Waals surface area (Å²) in [6.45, 7) is 2.24. The molecule has 3 unspecified atom stereocenters. The van der Waals surface area contributed by atoms with Gasteiger partial charge in [-0.25, -0.2) is 9.37 Å². The summed E-state index contributed by atoms with van der Waals surface area (Å²) in [5, 5.41) is 24.6. The molecule has 2 N–H and O–H groups in total. The van der Waals surface area contributed by atoms with Gasteiger partial charge in [0.25, 0.3) is 0 Å². The Balaban J connectivity index is 1.24. The standard InChI is InChI=1S/C24H22FN5O/c1-12-21-18-8-20(22(12)21)30-23(18)24(31)29-17(10-27)6-14-3-2-13(7-19(14)25)15-4-5-16(9-26)28-11-15/h2-5,7,11-12,17-18,20-23,30H,6,8H2,1H3,(H,29,31)/t12?,17-,18+,20-,21?,22?,23-/m0/s1. The molecule has 1 saturated heterocycles. The van der Waals surface area contributed by atoms with Crippen molar-refractivity contribution >= 4 is 5.91 Å². The van der Waals surface area contributed by atoms with E-state index in [1.807, 2.05) is 6.07 Å². The lowest BCUT2D eigenvalue weighted by Gasteiger charge is -2.23. The zero-order valence-electron chi connectivity index (χ0n) is 17.0. The lowest BCUT2D eigenvalue weighted by atomic mass is 9.94. The number of benzene rings is 1. The van der Waals surface area contributed by atoms with Gasteiger partial charge in [0.2, 0.25) is 5.91 Å². The number of carbonyl (C=O) groups excluding carboxylic acids is 1. The fraction of sp³-hybridized carbons (Fsp3) is 0.417. The second-order valence-electron chi connectivity index (χ2n) is 8.91. The Morgan fingerprint density at radius 2 is 2.10 bits per heavy atom. The van der Waals surface area contributed by atoms with E-state index in [4.69, 9.17) is 5.26 Å². The average molecular weight is 415 g/mol. The normalized spacial score (nSPS) is 30.7. The Morgan fingerprint density at radius 1 is 1.29 bits per heavy atom. The molecule has 2 aromatic rings. The van der Waals surface area contributed by atoms with Gasteiger partial charge in [-0.2, -0.15) is 10.5 Å². The number of aromatic nitrogens is 1. The zero-order chi connectivity index (χ0) is 21.7. The first-order valence-corrected chi connectivity index (χ1v) is 10.6. The van der Waals surface area contributed by atoms with Gasteiger partial charge in [-0.05, 0) is 59.4 Å². The number of fused-ring (bicyclic) bond motifs is 5. The third kappa shape index (κ3) is 3.36. The molecule has 1 aliphatic heterocycles. The molecule has 1 aromatic heterocycles. The Kier molecular flexibility index (Phi) is 4.72. The number of hydrogen-bond donors (Lipinski definition) is 2. The summed E-state index contributed by atoms with van der Waals surface area (Å²) in [5.74, 6) is 1.77. The van der Waals surface area contributed by atoms with Crippen LogP contribution in [0.15, 0.2) is 36.5 Å². The molecule has 1 aromatic carbocycles. The van der Waals surface area contributed by atoms with Crippen molar-refractivity contribution in [3.8, 4) is 23.3 Å². The van der Waals surface area contributed by atoms with E-state index < -0.39 is 11.9 Å². The van der Waals surface area contributed by atoms with Crippen molar-refractivity contribution in [1.29, 1.82) is 10.5 Å². The topological polar surface area (TPSA) is 102 Å². The third-order valence-corrected chi connectivity index (χ3v) is 7.27. The molecule has 0 radical (unpaired) electrons. The van der Waals surface area contributed by atoms with Crippen LogP contribution >= 0.6 is 0 Å². The molecule has 7 atom stereocenters. The third-order valence-electron chi connectivity index (χ3n) is 7.27. The molecule has 2 heterocycles. The first kappa shape index (κ1) is 19.7. The van der Waals surface area contributed by atoms with E-state index in [0.29, 0.717) is 52.1 Å². The highest BCUT2D eigenvalue weighted by atomic mass is 19.1. The van der Waals surface area contributed by atoms with Crippen LogP contribution in [0.5, 0.6) is 0 Å². The Hall–Kier alpha value is -3.29. The minimum absolute atomic E-state index is 0.100. The number of nitrogens with one attached hydrogen (secondary N) is 2. The number of piperidine rings is 1. The van der Waals surface area contributed by atoms with E-state index in [1.165, 1.54) is 12.3 Å². The van der Waals surface area contributed by atoms with Gasteiger partial charge in [-0.15, -0.1) is 0 Å². The van der Waals surface area contributed by atoms with Crippen LogP contribution in [0.3, 0.4) is 0 Å². The van der Waals surface area contributed by atoms with E-state index >= 15 is 0 Å². The minimum Gasteiger partial charge on any atom is -0.339 e. The van der Waals surface area contributed by atoms with E-state index in [9.17, 15) is 14.4 Å². The molecule has 6 nitrogen and oxygen atoms in total. The summed E-state index contributed by atoms with van der Waals surface area (Å²) in [6.07, 6.45) is 2.66. The van der Waals surface area contributed by atoms with Gasteiger partial charge in [0, 0.05) is 24.2 Å². The number of nitrogens with zero attached hydrogens (tertiary/aromatic N) is 3. The molecule has 5 rings (SSSR count). The minimum atomic E-state index is -0.794. The summed E-state index contributed by atoms with van der Waals surface area (Å²) in [4.78, 5) is 16.8. The monoisotopic (exact) mass is 415 g/mol. The Labute approximate surface area is 180 Å². The molecule has 3 fully saturated rings. The van der Waals surface area contributed by atoms with Crippen LogP contribution in [0.2, 0.25) is 0 Å². The second kappa shape index (κ2) is 7.44. The SMILES string of the molecule is CC1C2C1[C@H]1C[C@@H]2N[C@@H]1C(=O)N[C@H](C#N)Cc1ccc(-c2ccc(C#N)nc2)cc1F. The van der Waals surface area contributed by atoms with Crippen LogP contribution in [0.4, 0.5) is 4.39 Å². The van der Waals surface area contributed by atoms with Gasteiger partial charge in [-0.1, -0.05) is 19.1 Å². The second-order valence-corrected chi connectivity index (χ2v) is 8.91. The Morgan fingerprint density at radius 3 is 2.74 bits per heavy atom. The van der Waals surface area contributed by atoms with Gasteiger partial charge in [0.1, 0.15) is 23.6 Å². The molecule has 2 aliphatic carbocycles. The van der Waals surface area contributed by atoms with Crippen LogP contribution in [0.25, 0.3) is 11.1 Å². The summed E-state index contributed by atoms with van der Waals surface area (Å²) >= 11 is 0. The predicted molar refractivity (Wildman–Crippen MR) is 111 cm³/mol. The van der Waals surface area contributed by atoms with E-state index in [0.717, 1.165) is 6.42 Å². The maximum atomic E-state index is 14.7. The number of pyridine rings is 1. The lowest BCUT2D eigenvalue weighted by Crippen LogP contribution is -2.51. The van der Waals surface area contributed by atoms with Crippen LogP contribution in [-0.4, -0.2) is 29.0 Å². The fourth-order valence-corrected chi connectivity index (χ4v) is 5.74. The lowest BCUT2D eigenvalue weighted by molar-refractivity contribution is -0.124. The smallest absolute Gasteiger partial charge is 0.238 e. The van der Waals surface area contributed by atoms with Crippen molar-refractivity contribution in [2.75, 3.05) is 0 Å². The molecule has 3 aliphatic rings. The molecule has 31 heavy (non-hydrogen) atoms. The first-order valence-electron chi connectivity index (χ1n) is 10.6. The quantitative estimate of drug-likeness (QED) is 0.782. The van der Waals surface area contributed by atoms with Crippen molar-refractivity contribution in [3.63, 3.8) is 0 Å². The summed E-state index contributed by atoms with van der Waals surface area (Å²) in [6, 6.07) is 11.5. The molecule has 156 valence electrons. The van der Waals surface area contributed by atoms with Crippen LogP contribution in [0, 0.1) is 52.2 Å². The van der Waals surface area contributed by atoms with Crippen LogP contribution < -0.4 is 10.6 Å². The van der Waals surface area contributed by atoms with Crippen molar-refractivity contribution in [2.45, 2.75) is 37.9 Å². The van der Waals surface area contributed by atoms with Crippen molar-refractivity contribution < 1.29 is 9.18 Å². The summed E-state index contributed by atoms with van der Waals surface area (Å²) in [5.41, 5.74) is 2.00. The molecule has 1 amide bonds. The van der Waals surface area contributed by atoms with Crippen LogP contribution in [-0.2, 0) is 11.2 Å². The molecule has 0 spiro atoms. The molecular weight excluding hydrogens is 393 g/mol. The van der Waals surface area contributed by atoms with Gasteiger partial charge >= 0.3 is 0 Å². The molecule has 7 heteroatoms. The molecule has 2 saturated carbocycles. The highest BCUT2D eigenvalue weighted by Crippen LogP contribution is 2.64. The van der Waals surface area contributed by atoms with Gasteiger partial charge in [0.05, 0.1) is 12.1 Å². The highest BCUT2D eigenvalue weighted by molar-refractivity contribution is 5.83. The van der Waals surface area contributed by atoms with E-state index in [1.54, 1.807) is 24.3 Å². The number of amides is 1. The largest absolute Gasteiger partial charge is 0.339 e. The van der Waals surface area contributed by atoms with E-state index in [-0.39, 0.29) is 18.4 Å². The highest BCUT2D eigenvalue weighted by Gasteiger charge is 2.67. The maximum Gasteiger partial charge on any atom is 0.238 e. The first-order chi connectivity index (χ1) is 15.0. The van der Waals surface area contributed by atoms with Gasteiger partial charge in [0.15, 0.2) is 0 Å². The fourth-order valence-electron chi connectivity index (χ4n) is 5.74. The summed E-state index contributed by atoms with van der Waals surface area (Å²) < 4.78 is 14.7.